The molecule has 21 heavy (non-hydrogen) atoms. The maximum atomic E-state index is 11.6. The van der Waals surface area contributed by atoms with Crippen LogP contribution >= 0.6 is 11.3 Å². The number of hydrogen-bond donors (Lipinski definition) is 2. The highest BCUT2D eigenvalue weighted by atomic mass is 32.1. The summed E-state index contributed by atoms with van der Waals surface area (Å²) in [7, 11) is 0. The predicted octanol–water partition coefficient (Wildman–Crippen LogP) is 3.56. The summed E-state index contributed by atoms with van der Waals surface area (Å²) in [6.07, 6.45) is 0.907. The number of rotatable bonds is 6. The standard InChI is InChI=1S/C15H19N3O2S/c1-3-7-16-15(19)18-12-5-4-6-13(8-12)20-9-14-17-11(2)10-21-14/h4-6,8,10H,3,7,9H2,1-2H3,(H2,16,18,19). The summed E-state index contributed by atoms with van der Waals surface area (Å²) in [6.45, 7) is 5.06. The number of carbonyl (C=O) groups excluding carboxylic acids is 1. The van der Waals surface area contributed by atoms with Gasteiger partial charge in [0.25, 0.3) is 0 Å². The quantitative estimate of drug-likeness (QED) is 0.857. The van der Waals surface area contributed by atoms with Crippen LogP contribution in [0.2, 0.25) is 0 Å². The van der Waals surface area contributed by atoms with Crippen LogP contribution in [0.1, 0.15) is 24.0 Å². The Morgan fingerprint density at radius 2 is 2.29 bits per heavy atom. The molecule has 0 aliphatic heterocycles. The summed E-state index contributed by atoms with van der Waals surface area (Å²) in [5, 5.41) is 8.47. The third-order valence-corrected chi connectivity index (χ3v) is 3.60. The van der Waals surface area contributed by atoms with E-state index in [0.717, 1.165) is 17.1 Å². The second-order valence-electron chi connectivity index (χ2n) is 4.58. The lowest BCUT2D eigenvalue weighted by molar-refractivity contribution is 0.252. The van der Waals surface area contributed by atoms with Gasteiger partial charge in [-0.3, -0.25) is 0 Å². The molecule has 2 amide bonds. The van der Waals surface area contributed by atoms with E-state index in [9.17, 15) is 4.79 Å². The maximum absolute atomic E-state index is 11.6. The van der Waals surface area contributed by atoms with Crippen LogP contribution < -0.4 is 15.4 Å². The molecule has 2 aromatic rings. The summed E-state index contributed by atoms with van der Waals surface area (Å²) in [4.78, 5) is 15.9. The van der Waals surface area contributed by atoms with Crippen LogP contribution in [0.3, 0.4) is 0 Å². The Hall–Kier alpha value is -2.08. The van der Waals surface area contributed by atoms with Crippen molar-refractivity contribution in [2.45, 2.75) is 26.9 Å². The SMILES string of the molecule is CCCNC(=O)Nc1cccc(OCc2nc(C)cs2)c1. The molecule has 0 aliphatic carbocycles. The second kappa shape index (κ2) is 7.64. The molecule has 0 unspecified atom stereocenters. The third-order valence-electron chi connectivity index (χ3n) is 2.66. The van der Waals surface area contributed by atoms with Crippen molar-refractivity contribution < 1.29 is 9.53 Å². The molecule has 1 heterocycles. The molecule has 0 bridgehead atoms. The summed E-state index contributed by atoms with van der Waals surface area (Å²) in [5.74, 6) is 0.705. The van der Waals surface area contributed by atoms with Gasteiger partial charge >= 0.3 is 6.03 Å². The highest BCUT2D eigenvalue weighted by molar-refractivity contribution is 7.09. The summed E-state index contributed by atoms with van der Waals surface area (Å²) in [6, 6.07) is 7.12. The van der Waals surface area contributed by atoms with E-state index in [1.807, 2.05) is 37.4 Å². The summed E-state index contributed by atoms with van der Waals surface area (Å²) >= 11 is 1.58. The first-order chi connectivity index (χ1) is 10.2. The van der Waals surface area contributed by atoms with Crippen LogP contribution in [-0.4, -0.2) is 17.6 Å². The lowest BCUT2D eigenvalue weighted by Gasteiger charge is -2.09. The number of aromatic nitrogens is 1. The van der Waals surface area contributed by atoms with Crippen molar-refractivity contribution in [3.8, 4) is 5.75 Å². The average Bonchev–Trinajstić information content (AvgIpc) is 2.89. The zero-order chi connectivity index (χ0) is 15.1. The van der Waals surface area contributed by atoms with Crippen LogP contribution in [0.5, 0.6) is 5.75 Å². The Morgan fingerprint density at radius 1 is 1.43 bits per heavy atom. The molecule has 0 spiro atoms. The maximum Gasteiger partial charge on any atom is 0.319 e. The van der Waals surface area contributed by atoms with Crippen molar-refractivity contribution in [2.24, 2.45) is 0 Å². The number of amides is 2. The topological polar surface area (TPSA) is 63.2 Å². The fourth-order valence-electron chi connectivity index (χ4n) is 1.69. The van der Waals surface area contributed by atoms with Crippen molar-refractivity contribution in [3.63, 3.8) is 0 Å². The van der Waals surface area contributed by atoms with E-state index in [-0.39, 0.29) is 6.03 Å². The summed E-state index contributed by atoms with van der Waals surface area (Å²) < 4.78 is 5.68. The molecule has 0 fully saturated rings. The number of aryl methyl sites for hydroxylation is 1. The molecule has 0 aliphatic rings. The second-order valence-corrected chi connectivity index (χ2v) is 5.52. The third kappa shape index (κ3) is 5.07. The van der Waals surface area contributed by atoms with Crippen molar-refractivity contribution in [2.75, 3.05) is 11.9 Å². The van der Waals surface area contributed by atoms with Gasteiger partial charge in [0.15, 0.2) is 0 Å². The van der Waals surface area contributed by atoms with Gasteiger partial charge in [-0.25, -0.2) is 9.78 Å². The Kier molecular flexibility index (Phi) is 5.57. The minimum absolute atomic E-state index is 0.204. The van der Waals surface area contributed by atoms with Gasteiger partial charge in [-0.15, -0.1) is 11.3 Å². The number of thiazole rings is 1. The molecular weight excluding hydrogens is 286 g/mol. The zero-order valence-electron chi connectivity index (χ0n) is 12.2. The van der Waals surface area contributed by atoms with Crippen LogP contribution in [-0.2, 0) is 6.61 Å². The Labute approximate surface area is 128 Å². The van der Waals surface area contributed by atoms with Crippen molar-refractivity contribution in [3.05, 3.63) is 40.3 Å². The number of nitrogens with zero attached hydrogens (tertiary/aromatic N) is 1. The number of urea groups is 1. The fourth-order valence-corrected chi connectivity index (χ4v) is 2.37. The van der Waals surface area contributed by atoms with E-state index in [1.54, 1.807) is 17.4 Å². The van der Waals surface area contributed by atoms with Gasteiger partial charge in [0, 0.05) is 29.4 Å². The molecule has 0 radical (unpaired) electrons. The normalized spacial score (nSPS) is 10.2. The smallest absolute Gasteiger partial charge is 0.319 e. The lowest BCUT2D eigenvalue weighted by atomic mass is 10.3. The van der Waals surface area contributed by atoms with Gasteiger partial charge in [-0.2, -0.15) is 0 Å². The Morgan fingerprint density at radius 3 is 3.00 bits per heavy atom. The minimum Gasteiger partial charge on any atom is -0.486 e. The number of ether oxygens (including phenoxy) is 1. The van der Waals surface area contributed by atoms with Gasteiger partial charge < -0.3 is 15.4 Å². The highest BCUT2D eigenvalue weighted by Gasteiger charge is 2.03. The Bertz CT molecular complexity index is 598. The van der Waals surface area contributed by atoms with Crippen LogP contribution in [0, 0.1) is 6.92 Å². The number of anilines is 1. The summed E-state index contributed by atoms with van der Waals surface area (Å²) in [5.41, 5.74) is 1.71. The van der Waals surface area contributed by atoms with Gasteiger partial charge in [0.05, 0.1) is 0 Å². The first kappa shape index (κ1) is 15.3. The van der Waals surface area contributed by atoms with E-state index < -0.39 is 0 Å². The molecule has 1 aromatic carbocycles. The molecule has 0 saturated heterocycles. The average molecular weight is 305 g/mol. The molecule has 1 aromatic heterocycles. The first-order valence-electron chi connectivity index (χ1n) is 6.86. The van der Waals surface area contributed by atoms with Gasteiger partial charge in [0.1, 0.15) is 17.4 Å². The van der Waals surface area contributed by atoms with Gasteiger partial charge in [-0.1, -0.05) is 13.0 Å². The molecule has 6 heteroatoms. The van der Waals surface area contributed by atoms with E-state index in [2.05, 4.69) is 15.6 Å². The van der Waals surface area contributed by atoms with Gasteiger partial charge in [-0.05, 0) is 25.5 Å². The Balaban J connectivity index is 1.89. The largest absolute Gasteiger partial charge is 0.486 e. The van der Waals surface area contributed by atoms with Crippen LogP contribution in [0.4, 0.5) is 10.5 Å². The lowest BCUT2D eigenvalue weighted by Crippen LogP contribution is -2.29. The highest BCUT2D eigenvalue weighted by Crippen LogP contribution is 2.19. The molecule has 5 nitrogen and oxygen atoms in total. The predicted molar refractivity (Wildman–Crippen MR) is 84.9 cm³/mol. The molecule has 2 N–H and O–H groups in total. The van der Waals surface area contributed by atoms with Crippen molar-refractivity contribution in [1.29, 1.82) is 0 Å². The van der Waals surface area contributed by atoms with Crippen LogP contribution in [0.15, 0.2) is 29.6 Å². The van der Waals surface area contributed by atoms with E-state index >= 15 is 0 Å². The number of carbonyl (C=O) groups is 1. The minimum atomic E-state index is -0.204. The van der Waals surface area contributed by atoms with Crippen molar-refractivity contribution in [1.82, 2.24) is 10.3 Å². The zero-order valence-corrected chi connectivity index (χ0v) is 13.0. The molecule has 2 rings (SSSR count). The van der Waals surface area contributed by atoms with Gasteiger partial charge in [0.2, 0.25) is 0 Å². The molecule has 112 valence electrons. The molecular formula is C15H19N3O2S. The molecule has 0 atom stereocenters. The number of nitrogens with one attached hydrogen (secondary N) is 2. The van der Waals surface area contributed by atoms with E-state index in [1.165, 1.54) is 0 Å². The fraction of sp³-hybridized carbons (Fsp3) is 0.333. The first-order valence-corrected chi connectivity index (χ1v) is 7.74. The van der Waals surface area contributed by atoms with E-state index in [4.69, 9.17) is 4.74 Å². The molecule has 0 saturated carbocycles. The van der Waals surface area contributed by atoms with Crippen molar-refractivity contribution >= 4 is 23.1 Å². The van der Waals surface area contributed by atoms with Crippen LogP contribution in [0.25, 0.3) is 0 Å². The monoisotopic (exact) mass is 305 g/mol. The number of benzene rings is 1. The van der Waals surface area contributed by atoms with E-state index in [0.29, 0.717) is 24.6 Å². The number of hydrogen-bond acceptors (Lipinski definition) is 4.